The highest BCUT2D eigenvalue weighted by Gasteiger charge is 2.29. The van der Waals surface area contributed by atoms with Gasteiger partial charge in [-0.15, -0.1) is 0 Å². The van der Waals surface area contributed by atoms with Crippen LogP contribution in [0.25, 0.3) is 6.08 Å². The Morgan fingerprint density at radius 3 is 2.81 bits per heavy atom. The van der Waals surface area contributed by atoms with Crippen molar-refractivity contribution < 1.29 is 24.0 Å². The first-order chi connectivity index (χ1) is 14.8. The Morgan fingerprint density at radius 1 is 1.32 bits per heavy atom. The minimum Gasteiger partial charge on any atom is -0.452 e. The van der Waals surface area contributed by atoms with Gasteiger partial charge in [-0.05, 0) is 36.8 Å². The number of nitrogens with zero attached hydrogens (tertiary/aromatic N) is 2. The average molecular weight is 444 g/mol. The lowest BCUT2D eigenvalue weighted by atomic mass is 10.1. The molecule has 1 aliphatic rings. The molecular formula is C21H18ClN3O6. The van der Waals surface area contributed by atoms with E-state index in [4.69, 9.17) is 16.3 Å². The molecule has 0 bridgehead atoms. The number of esters is 1. The number of rotatable bonds is 5. The zero-order chi connectivity index (χ0) is 22.5. The van der Waals surface area contributed by atoms with E-state index in [-0.39, 0.29) is 23.0 Å². The molecule has 0 saturated heterocycles. The van der Waals surface area contributed by atoms with Crippen molar-refractivity contribution in [2.24, 2.45) is 0 Å². The molecule has 9 nitrogen and oxygen atoms in total. The number of carbonyl (C=O) groups excluding carboxylic acids is 3. The monoisotopic (exact) mass is 443 g/mol. The molecule has 1 atom stereocenters. The number of nitro groups is 1. The lowest BCUT2D eigenvalue weighted by Gasteiger charge is -2.27. The molecule has 1 aliphatic heterocycles. The van der Waals surface area contributed by atoms with Crippen LogP contribution in [0.2, 0.25) is 5.02 Å². The molecule has 1 N–H and O–H groups in total. The third-order valence-corrected chi connectivity index (χ3v) is 4.86. The van der Waals surface area contributed by atoms with Crippen molar-refractivity contribution in [3.05, 3.63) is 69.2 Å². The topological polar surface area (TPSA) is 119 Å². The van der Waals surface area contributed by atoms with E-state index >= 15 is 0 Å². The van der Waals surface area contributed by atoms with Gasteiger partial charge in [-0.3, -0.25) is 19.7 Å². The molecule has 3 rings (SSSR count). The van der Waals surface area contributed by atoms with Crippen molar-refractivity contribution in [3.8, 4) is 0 Å². The quantitative estimate of drug-likeness (QED) is 0.326. The Labute approximate surface area is 182 Å². The summed E-state index contributed by atoms with van der Waals surface area (Å²) < 4.78 is 5.03. The second-order valence-electron chi connectivity index (χ2n) is 6.79. The molecule has 1 unspecified atom stereocenters. The molecule has 0 radical (unpaired) electrons. The van der Waals surface area contributed by atoms with Crippen LogP contribution in [-0.4, -0.2) is 35.4 Å². The first kappa shape index (κ1) is 22.0. The van der Waals surface area contributed by atoms with Gasteiger partial charge in [0.05, 0.1) is 16.3 Å². The second-order valence-corrected chi connectivity index (χ2v) is 7.20. The molecule has 0 aliphatic carbocycles. The van der Waals surface area contributed by atoms with Crippen LogP contribution < -0.4 is 10.2 Å². The van der Waals surface area contributed by atoms with Crippen LogP contribution >= 0.6 is 11.6 Å². The smallest absolute Gasteiger partial charge is 0.331 e. The van der Waals surface area contributed by atoms with Crippen LogP contribution in [0.3, 0.4) is 0 Å². The summed E-state index contributed by atoms with van der Waals surface area (Å²) in [4.78, 5) is 48.5. The van der Waals surface area contributed by atoms with E-state index < -0.39 is 29.4 Å². The van der Waals surface area contributed by atoms with E-state index in [1.165, 1.54) is 29.2 Å². The van der Waals surface area contributed by atoms with E-state index in [1.807, 2.05) is 0 Å². The van der Waals surface area contributed by atoms with Gasteiger partial charge in [-0.1, -0.05) is 29.8 Å². The SMILES string of the molecule is CC1CC(=O)Nc2ccccc2N1C(=O)COC(=O)/C=C/c1ccc(Cl)c([N+](=O)[O-])c1. The van der Waals surface area contributed by atoms with Gasteiger partial charge in [0, 0.05) is 24.6 Å². The summed E-state index contributed by atoms with van der Waals surface area (Å²) in [6.07, 6.45) is 2.48. The molecule has 2 aromatic rings. The third-order valence-electron chi connectivity index (χ3n) is 4.54. The van der Waals surface area contributed by atoms with E-state index in [1.54, 1.807) is 31.2 Å². The highest BCUT2D eigenvalue weighted by Crippen LogP contribution is 2.31. The molecule has 0 aromatic heterocycles. The number of halogens is 1. The Kier molecular flexibility index (Phi) is 6.66. The zero-order valence-electron chi connectivity index (χ0n) is 16.4. The van der Waals surface area contributed by atoms with E-state index in [0.717, 1.165) is 6.08 Å². The molecule has 2 aromatic carbocycles. The number of nitro benzene ring substituents is 1. The Bertz CT molecular complexity index is 1080. The van der Waals surface area contributed by atoms with E-state index in [2.05, 4.69) is 5.32 Å². The minimum absolute atomic E-state index is 0.0184. The van der Waals surface area contributed by atoms with Gasteiger partial charge in [0.25, 0.3) is 11.6 Å². The molecule has 160 valence electrons. The number of para-hydroxylation sites is 2. The highest BCUT2D eigenvalue weighted by atomic mass is 35.5. The summed E-state index contributed by atoms with van der Waals surface area (Å²) in [5.74, 6) is -1.50. The fourth-order valence-electron chi connectivity index (χ4n) is 3.16. The van der Waals surface area contributed by atoms with Crippen LogP contribution in [-0.2, 0) is 19.1 Å². The molecule has 1 heterocycles. The Hall–Kier alpha value is -3.72. The molecule has 2 amide bonds. The maximum Gasteiger partial charge on any atom is 0.331 e. The lowest BCUT2D eigenvalue weighted by molar-refractivity contribution is -0.384. The number of nitrogens with one attached hydrogen (secondary N) is 1. The predicted molar refractivity (Wildman–Crippen MR) is 115 cm³/mol. The van der Waals surface area contributed by atoms with Gasteiger partial charge in [0.1, 0.15) is 5.02 Å². The molecule has 10 heteroatoms. The second kappa shape index (κ2) is 9.40. The van der Waals surface area contributed by atoms with E-state index in [9.17, 15) is 24.5 Å². The van der Waals surface area contributed by atoms with Crippen molar-refractivity contribution in [2.45, 2.75) is 19.4 Å². The highest BCUT2D eigenvalue weighted by molar-refractivity contribution is 6.32. The van der Waals surface area contributed by atoms with Crippen LogP contribution in [0.1, 0.15) is 18.9 Å². The maximum atomic E-state index is 12.8. The number of fused-ring (bicyclic) bond motifs is 1. The number of hydrogen-bond acceptors (Lipinski definition) is 6. The first-order valence-corrected chi connectivity index (χ1v) is 9.64. The lowest BCUT2D eigenvalue weighted by Crippen LogP contribution is -2.41. The molecule has 0 spiro atoms. The zero-order valence-corrected chi connectivity index (χ0v) is 17.2. The number of benzene rings is 2. The van der Waals surface area contributed by atoms with Gasteiger partial charge in [0.15, 0.2) is 6.61 Å². The number of carbonyl (C=O) groups is 3. The first-order valence-electron chi connectivity index (χ1n) is 9.26. The summed E-state index contributed by atoms with van der Waals surface area (Å²) in [7, 11) is 0. The van der Waals surface area contributed by atoms with Crippen molar-refractivity contribution in [1.82, 2.24) is 0 Å². The van der Waals surface area contributed by atoms with Crippen molar-refractivity contribution in [3.63, 3.8) is 0 Å². The Morgan fingerprint density at radius 2 is 2.06 bits per heavy atom. The number of ether oxygens (including phenoxy) is 1. The van der Waals surface area contributed by atoms with E-state index in [0.29, 0.717) is 16.9 Å². The Balaban J connectivity index is 1.67. The summed E-state index contributed by atoms with van der Waals surface area (Å²) in [6, 6.07) is 10.5. The van der Waals surface area contributed by atoms with Gasteiger partial charge < -0.3 is 15.0 Å². The molecule has 0 fully saturated rings. The van der Waals surface area contributed by atoms with Gasteiger partial charge >= 0.3 is 5.97 Å². The maximum absolute atomic E-state index is 12.8. The van der Waals surface area contributed by atoms with Crippen molar-refractivity contribution in [2.75, 3.05) is 16.8 Å². The number of amides is 2. The van der Waals surface area contributed by atoms with Crippen LogP contribution in [0.4, 0.5) is 17.1 Å². The summed E-state index contributed by atoms with van der Waals surface area (Å²) in [5.41, 5.74) is 1.11. The normalized spacial score (nSPS) is 15.7. The van der Waals surface area contributed by atoms with Crippen LogP contribution in [0.15, 0.2) is 48.5 Å². The van der Waals surface area contributed by atoms with Gasteiger partial charge in [-0.2, -0.15) is 0 Å². The minimum atomic E-state index is -0.795. The average Bonchev–Trinajstić information content (AvgIpc) is 2.85. The largest absolute Gasteiger partial charge is 0.452 e. The molecular weight excluding hydrogens is 426 g/mol. The summed E-state index contributed by atoms with van der Waals surface area (Å²) >= 11 is 5.76. The van der Waals surface area contributed by atoms with Crippen LogP contribution in [0.5, 0.6) is 0 Å². The fraction of sp³-hybridized carbons (Fsp3) is 0.190. The fourth-order valence-corrected chi connectivity index (χ4v) is 3.34. The number of hydrogen-bond donors (Lipinski definition) is 1. The standard InChI is InChI=1S/C21H18ClN3O6/c1-13-10-19(26)23-16-4-2-3-5-17(16)24(13)20(27)12-31-21(28)9-7-14-6-8-15(22)18(11-14)25(29)30/h2-9,11,13H,10,12H2,1H3,(H,23,26)/b9-7+. The van der Waals surface area contributed by atoms with Gasteiger partial charge in [0.2, 0.25) is 5.91 Å². The molecule has 0 saturated carbocycles. The molecule has 31 heavy (non-hydrogen) atoms. The van der Waals surface area contributed by atoms with Crippen LogP contribution in [0, 0.1) is 10.1 Å². The third kappa shape index (κ3) is 5.26. The summed E-state index contributed by atoms with van der Waals surface area (Å²) in [6.45, 7) is 1.20. The predicted octanol–water partition coefficient (Wildman–Crippen LogP) is 3.57. The van der Waals surface area contributed by atoms with Crippen molar-refractivity contribution >= 4 is 52.5 Å². The summed E-state index contributed by atoms with van der Waals surface area (Å²) in [5, 5.41) is 13.7. The van der Waals surface area contributed by atoms with Gasteiger partial charge in [-0.25, -0.2) is 4.79 Å². The van der Waals surface area contributed by atoms with Crippen molar-refractivity contribution in [1.29, 1.82) is 0 Å². The number of anilines is 2.